The van der Waals surface area contributed by atoms with Gasteiger partial charge in [0.15, 0.2) is 0 Å². The van der Waals surface area contributed by atoms with E-state index in [2.05, 4.69) is 21.6 Å². The smallest absolute Gasteiger partial charge is 0.123 e. The molecule has 0 saturated carbocycles. The van der Waals surface area contributed by atoms with Gasteiger partial charge in [-0.25, -0.2) is 0 Å². The van der Waals surface area contributed by atoms with E-state index >= 15 is 0 Å². The molecule has 1 N–H and O–H groups in total. The SMILES string of the molecule is N#Cc1cccc(CNc2cccc(-n3cnnc3)c2)c1. The number of hydrogen-bond acceptors (Lipinski definition) is 4. The third-order valence-corrected chi connectivity index (χ3v) is 3.12. The minimum atomic E-state index is 0.668. The van der Waals surface area contributed by atoms with Crippen molar-refractivity contribution in [2.24, 2.45) is 0 Å². The largest absolute Gasteiger partial charge is 0.381 e. The minimum absolute atomic E-state index is 0.668. The molecule has 0 aliphatic rings. The fraction of sp³-hybridized carbons (Fsp3) is 0.0625. The molecule has 0 fully saturated rings. The van der Waals surface area contributed by atoms with Crippen LogP contribution in [0.3, 0.4) is 0 Å². The Balaban J connectivity index is 1.73. The highest BCUT2D eigenvalue weighted by atomic mass is 15.2. The number of nitriles is 1. The van der Waals surface area contributed by atoms with Crippen molar-refractivity contribution in [3.8, 4) is 11.8 Å². The van der Waals surface area contributed by atoms with Crippen LogP contribution in [-0.4, -0.2) is 14.8 Å². The lowest BCUT2D eigenvalue weighted by Crippen LogP contribution is -2.00. The van der Waals surface area contributed by atoms with Crippen LogP contribution < -0.4 is 5.32 Å². The second-order valence-electron chi connectivity index (χ2n) is 4.59. The highest BCUT2D eigenvalue weighted by molar-refractivity contribution is 5.51. The highest BCUT2D eigenvalue weighted by Crippen LogP contribution is 2.15. The lowest BCUT2D eigenvalue weighted by atomic mass is 10.1. The molecule has 3 rings (SSSR count). The third kappa shape index (κ3) is 3.07. The van der Waals surface area contributed by atoms with Crippen molar-refractivity contribution in [3.63, 3.8) is 0 Å². The second-order valence-corrected chi connectivity index (χ2v) is 4.59. The lowest BCUT2D eigenvalue weighted by molar-refractivity contribution is 1.05. The van der Waals surface area contributed by atoms with Gasteiger partial charge in [0.1, 0.15) is 12.7 Å². The zero-order chi connectivity index (χ0) is 14.5. The van der Waals surface area contributed by atoms with Gasteiger partial charge < -0.3 is 5.32 Å². The van der Waals surface area contributed by atoms with Crippen molar-refractivity contribution < 1.29 is 0 Å². The molecule has 0 radical (unpaired) electrons. The van der Waals surface area contributed by atoms with E-state index in [0.717, 1.165) is 16.9 Å². The first-order valence-electron chi connectivity index (χ1n) is 6.53. The van der Waals surface area contributed by atoms with E-state index in [1.165, 1.54) is 0 Å². The molecule has 5 heteroatoms. The molecule has 0 amide bonds. The summed E-state index contributed by atoms with van der Waals surface area (Å²) in [5.41, 5.74) is 3.75. The predicted octanol–water partition coefficient (Wildman–Crippen LogP) is 2.75. The van der Waals surface area contributed by atoms with E-state index in [9.17, 15) is 0 Å². The summed E-state index contributed by atoms with van der Waals surface area (Å²) in [4.78, 5) is 0. The third-order valence-electron chi connectivity index (χ3n) is 3.12. The molecule has 0 unspecified atom stereocenters. The fourth-order valence-corrected chi connectivity index (χ4v) is 2.07. The van der Waals surface area contributed by atoms with Gasteiger partial charge in [-0.2, -0.15) is 5.26 Å². The van der Waals surface area contributed by atoms with E-state index in [1.54, 1.807) is 18.7 Å². The summed E-state index contributed by atoms with van der Waals surface area (Å²) in [6.07, 6.45) is 3.32. The van der Waals surface area contributed by atoms with Crippen molar-refractivity contribution in [3.05, 3.63) is 72.3 Å². The van der Waals surface area contributed by atoms with Gasteiger partial charge in [0, 0.05) is 12.2 Å². The van der Waals surface area contributed by atoms with Crippen LogP contribution >= 0.6 is 0 Å². The summed E-state index contributed by atoms with van der Waals surface area (Å²) in [5, 5.41) is 19.9. The molecule has 1 heterocycles. The molecule has 1 aromatic heterocycles. The Morgan fingerprint density at radius 2 is 1.86 bits per heavy atom. The molecule has 0 saturated heterocycles. The van der Waals surface area contributed by atoms with E-state index in [4.69, 9.17) is 5.26 Å². The molecule has 0 aliphatic carbocycles. The van der Waals surface area contributed by atoms with Crippen LogP contribution in [0.1, 0.15) is 11.1 Å². The number of nitrogens with zero attached hydrogens (tertiary/aromatic N) is 4. The van der Waals surface area contributed by atoms with Crippen LogP contribution in [0.5, 0.6) is 0 Å². The quantitative estimate of drug-likeness (QED) is 0.795. The Bertz CT molecular complexity index is 771. The summed E-state index contributed by atoms with van der Waals surface area (Å²) in [6, 6.07) is 17.7. The average Bonchev–Trinajstić information content (AvgIpc) is 3.08. The molecule has 0 spiro atoms. The monoisotopic (exact) mass is 275 g/mol. The van der Waals surface area contributed by atoms with Crippen molar-refractivity contribution in [1.82, 2.24) is 14.8 Å². The Kier molecular flexibility index (Phi) is 3.61. The molecule has 3 aromatic rings. The Hall–Kier alpha value is -3.13. The first kappa shape index (κ1) is 12.9. The zero-order valence-corrected chi connectivity index (χ0v) is 11.3. The van der Waals surface area contributed by atoms with E-state index in [1.807, 2.05) is 47.0 Å². The lowest BCUT2D eigenvalue weighted by Gasteiger charge is -2.09. The molecule has 2 aromatic carbocycles. The fourth-order valence-electron chi connectivity index (χ4n) is 2.07. The van der Waals surface area contributed by atoms with Gasteiger partial charge >= 0.3 is 0 Å². The van der Waals surface area contributed by atoms with Gasteiger partial charge in [0.05, 0.1) is 17.3 Å². The molecule has 5 nitrogen and oxygen atoms in total. The van der Waals surface area contributed by atoms with Gasteiger partial charge in [-0.15, -0.1) is 10.2 Å². The Morgan fingerprint density at radius 3 is 2.67 bits per heavy atom. The zero-order valence-electron chi connectivity index (χ0n) is 11.3. The van der Waals surface area contributed by atoms with E-state index < -0.39 is 0 Å². The van der Waals surface area contributed by atoms with Crippen LogP contribution in [0.2, 0.25) is 0 Å². The number of hydrogen-bond donors (Lipinski definition) is 1. The maximum Gasteiger partial charge on any atom is 0.123 e. The number of nitrogens with one attached hydrogen (secondary N) is 1. The Labute approximate surface area is 122 Å². The van der Waals surface area contributed by atoms with Crippen LogP contribution in [0.15, 0.2) is 61.2 Å². The van der Waals surface area contributed by atoms with Crippen molar-refractivity contribution in [1.29, 1.82) is 5.26 Å². The highest BCUT2D eigenvalue weighted by Gasteiger charge is 1.99. The number of rotatable bonds is 4. The minimum Gasteiger partial charge on any atom is -0.381 e. The van der Waals surface area contributed by atoms with E-state index in [-0.39, 0.29) is 0 Å². The number of benzene rings is 2. The molecule has 21 heavy (non-hydrogen) atoms. The van der Waals surface area contributed by atoms with E-state index in [0.29, 0.717) is 12.1 Å². The standard InChI is InChI=1S/C16H13N5/c17-9-13-3-1-4-14(7-13)10-18-15-5-2-6-16(8-15)21-11-19-20-12-21/h1-8,11-12,18H,10H2. The number of anilines is 1. The van der Waals surface area contributed by atoms with Crippen LogP contribution in [-0.2, 0) is 6.54 Å². The summed E-state index contributed by atoms with van der Waals surface area (Å²) in [5.74, 6) is 0. The Morgan fingerprint density at radius 1 is 1.05 bits per heavy atom. The molecule has 102 valence electrons. The summed E-state index contributed by atoms with van der Waals surface area (Å²) >= 11 is 0. The number of aromatic nitrogens is 3. The normalized spacial score (nSPS) is 10.0. The molecule has 0 bridgehead atoms. The molecule has 0 atom stereocenters. The molecular formula is C16H13N5. The van der Waals surface area contributed by atoms with Gasteiger partial charge in [-0.05, 0) is 35.9 Å². The molecule has 0 aliphatic heterocycles. The van der Waals surface area contributed by atoms with Crippen molar-refractivity contribution in [2.75, 3.05) is 5.32 Å². The second kappa shape index (κ2) is 5.88. The molecular weight excluding hydrogens is 262 g/mol. The topological polar surface area (TPSA) is 66.5 Å². The summed E-state index contributed by atoms with van der Waals surface area (Å²) < 4.78 is 1.85. The average molecular weight is 275 g/mol. The predicted molar refractivity (Wildman–Crippen MR) is 79.8 cm³/mol. The van der Waals surface area contributed by atoms with Gasteiger partial charge in [-0.3, -0.25) is 4.57 Å². The van der Waals surface area contributed by atoms with Crippen LogP contribution in [0, 0.1) is 11.3 Å². The first-order chi connectivity index (χ1) is 10.3. The van der Waals surface area contributed by atoms with Crippen molar-refractivity contribution in [2.45, 2.75) is 6.54 Å². The summed E-state index contributed by atoms with van der Waals surface area (Å²) in [6.45, 7) is 0.668. The van der Waals surface area contributed by atoms with Gasteiger partial charge in [0.25, 0.3) is 0 Å². The van der Waals surface area contributed by atoms with Crippen LogP contribution in [0.25, 0.3) is 5.69 Å². The maximum atomic E-state index is 8.90. The summed E-state index contributed by atoms with van der Waals surface area (Å²) in [7, 11) is 0. The van der Waals surface area contributed by atoms with Crippen molar-refractivity contribution >= 4 is 5.69 Å². The first-order valence-corrected chi connectivity index (χ1v) is 6.53. The van der Waals surface area contributed by atoms with Gasteiger partial charge in [0.2, 0.25) is 0 Å². The maximum absolute atomic E-state index is 8.90. The van der Waals surface area contributed by atoms with Crippen LogP contribution in [0.4, 0.5) is 5.69 Å². The van der Waals surface area contributed by atoms with Gasteiger partial charge in [-0.1, -0.05) is 18.2 Å².